The lowest BCUT2D eigenvalue weighted by Crippen LogP contribution is -2.26. The van der Waals surface area contributed by atoms with Crippen molar-refractivity contribution in [2.75, 3.05) is 27.2 Å². The second-order valence-corrected chi connectivity index (χ2v) is 4.86. The molecule has 0 bridgehead atoms. The van der Waals surface area contributed by atoms with E-state index in [0.29, 0.717) is 6.42 Å². The molecule has 104 valence electrons. The highest BCUT2D eigenvalue weighted by Crippen LogP contribution is 2.02. The molecule has 0 radical (unpaired) electrons. The van der Waals surface area contributed by atoms with E-state index in [4.69, 9.17) is 0 Å². The van der Waals surface area contributed by atoms with Crippen LogP contribution in [0.1, 0.15) is 24.8 Å². The summed E-state index contributed by atoms with van der Waals surface area (Å²) in [7, 11) is 4.08. The van der Waals surface area contributed by atoms with Gasteiger partial charge in [-0.3, -0.25) is 4.79 Å². The molecule has 1 rings (SSSR count). The van der Waals surface area contributed by atoms with Crippen LogP contribution in [-0.2, 0) is 4.79 Å². The molecule has 0 aliphatic carbocycles. The molecule has 0 aliphatic heterocycles. The molecule has 0 aromatic heterocycles. The third-order valence-corrected chi connectivity index (χ3v) is 2.75. The molecule has 0 saturated heterocycles. The van der Waals surface area contributed by atoms with Crippen molar-refractivity contribution in [3.8, 4) is 0 Å². The minimum atomic E-state index is 0.136. The summed E-state index contributed by atoms with van der Waals surface area (Å²) >= 11 is 0. The van der Waals surface area contributed by atoms with Crippen molar-refractivity contribution in [1.29, 1.82) is 0 Å². The van der Waals surface area contributed by atoms with Gasteiger partial charge in [-0.1, -0.05) is 42.5 Å². The molecule has 0 fully saturated rings. The molecule has 1 aromatic carbocycles. The molecule has 0 atom stereocenters. The SMILES string of the molecule is CN(C)CCCNC(=O)CC/C=C/c1ccccc1. The van der Waals surface area contributed by atoms with Gasteiger partial charge in [0.05, 0.1) is 0 Å². The first-order chi connectivity index (χ1) is 9.18. The Hall–Kier alpha value is -1.61. The van der Waals surface area contributed by atoms with E-state index in [2.05, 4.69) is 34.5 Å². The standard InChI is InChI=1S/C16H24N2O/c1-18(2)14-8-13-17-16(19)12-7-6-11-15-9-4-3-5-10-15/h3-6,9-11H,7-8,12-14H2,1-2H3,(H,17,19)/b11-6+. The van der Waals surface area contributed by atoms with E-state index in [1.807, 2.05) is 32.3 Å². The quantitative estimate of drug-likeness (QED) is 0.729. The number of allylic oxidation sites excluding steroid dienone is 1. The van der Waals surface area contributed by atoms with E-state index in [1.165, 1.54) is 5.56 Å². The third-order valence-electron chi connectivity index (χ3n) is 2.75. The van der Waals surface area contributed by atoms with Crippen molar-refractivity contribution in [3.05, 3.63) is 42.0 Å². The molecule has 3 heteroatoms. The first-order valence-corrected chi connectivity index (χ1v) is 6.81. The van der Waals surface area contributed by atoms with Gasteiger partial charge in [-0.25, -0.2) is 0 Å². The number of hydrogen-bond donors (Lipinski definition) is 1. The maximum atomic E-state index is 11.5. The van der Waals surface area contributed by atoms with Crippen LogP contribution in [0.5, 0.6) is 0 Å². The van der Waals surface area contributed by atoms with Crippen LogP contribution in [0.15, 0.2) is 36.4 Å². The molecule has 0 unspecified atom stereocenters. The van der Waals surface area contributed by atoms with Crippen LogP contribution >= 0.6 is 0 Å². The Balaban J connectivity index is 2.09. The summed E-state index contributed by atoms with van der Waals surface area (Å²) in [6.07, 6.45) is 6.45. The number of benzene rings is 1. The molecule has 0 aliphatic rings. The second kappa shape index (κ2) is 9.34. The fraction of sp³-hybridized carbons (Fsp3) is 0.438. The molecular weight excluding hydrogens is 236 g/mol. The number of rotatable bonds is 8. The van der Waals surface area contributed by atoms with Crippen LogP contribution in [0.2, 0.25) is 0 Å². The first-order valence-electron chi connectivity index (χ1n) is 6.81. The zero-order chi connectivity index (χ0) is 13.9. The average molecular weight is 260 g/mol. The zero-order valence-corrected chi connectivity index (χ0v) is 11.9. The van der Waals surface area contributed by atoms with Crippen molar-refractivity contribution in [2.24, 2.45) is 0 Å². The highest BCUT2D eigenvalue weighted by atomic mass is 16.1. The maximum Gasteiger partial charge on any atom is 0.220 e. The van der Waals surface area contributed by atoms with Gasteiger partial charge in [0.15, 0.2) is 0 Å². The van der Waals surface area contributed by atoms with Crippen molar-refractivity contribution >= 4 is 12.0 Å². The van der Waals surface area contributed by atoms with Crippen molar-refractivity contribution in [2.45, 2.75) is 19.3 Å². The molecular formula is C16H24N2O. The normalized spacial score (nSPS) is 11.1. The van der Waals surface area contributed by atoms with Gasteiger partial charge < -0.3 is 10.2 Å². The van der Waals surface area contributed by atoms with Crippen molar-refractivity contribution in [1.82, 2.24) is 10.2 Å². The van der Waals surface area contributed by atoms with Crippen LogP contribution in [0.25, 0.3) is 6.08 Å². The zero-order valence-electron chi connectivity index (χ0n) is 11.9. The lowest BCUT2D eigenvalue weighted by atomic mass is 10.2. The number of carbonyl (C=O) groups excluding carboxylic acids is 1. The molecule has 1 amide bonds. The molecule has 19 heavy (non-hydrogen) atoms. The monoisotopic (exact) mass is 260 g/mol. The first kappa shape index (κ1) is 15.4. The van der Waals surface area contributed by atoms with Crippen LogP contribution in [0.3, 0.4) is 0 Å². The Bertz CT molecular complexity index is 385. The number of carbonyl (C=O) groups is 1. The predicted molar refractivity (Wildman–Crippen MR) is 80.9 cm³/mol. The summed E-state index contributed by atoms with van der Waals surface area (Å²) in [4.78, 5) is 13.7. The van der Waals surface area contributed by atoms with Crippen LogP contribution in [0, 0.1) is 0 Å². The van der Waals surface area contributed by atoms with E-state index in [0.717, 1.165) is 25.9 Å². The molecule has 0 saturated carbocycles. The lowest BCUT2D eigenvalue weighted by Gasteiger charge is -2.09. The lowest BCUT2D eigenvalue weighted by molar-refractivity contribution is -0.121. The summed E-state index contributed by atoms with van der Waals surface area (Å²) in [5.41, 5.74) is 1.17. The minimum absolute atomic E-state index is 0.136. The summed E-state index contributed by atoms with van der Waals surface area (Å²) in [6.45, 7) is 1.77. The van der Waals surface area contributed by atoms with Gasteiger partial charge in [0.25, 0.3) is 0 Å². The van der Waals surface area contributed by atoms with Gasteiger partial charge >= 0.3 is 0 Å². The van der Waals surface area contributed by atoms with E-state index >= 15 is 0 Å². The second-order valence-electron chi connectivity index (χ2n) is 4.86. The highest BCUT2D eigenvalue weighted by molar-refractivity contribution is 5.76. The smallest absolute Gasteiger partial charge is 0.220 e. The Morgan fingerprint density at radius 1 is 1.26 bits per heavy atom. The predicted octanol–water partition coefficient (Wildman–Crippen LogP) is 2.55. The molecule has 3 nitrogen and oxygen atoms in total. The topological polar surface area (TPSA) is 32.3 Å². The van der Waals surface area contributed by atoms with Crippen LogP contribution in [-0.4, -0.2) is 38.0 Å². The number of nitrogens with zero attached hydrogens (tertiary/aromatic N) is 1. The fourth-order valence-electron chi connectivity index (χ4n) is 1.71. The fourth-order valence-corrected chi connectivity index (χ4v) is 1.71. The van der Waals surface area contributed by atoms with Gasteiger partial charge in [-0.15, -0.1) is 0 Å². The Kier molecular flexibility index (Phi) is 7.59. The Morgan fingerprint density at radius 2 is 2.00 bits per heavy atom. The highest BCUT2D eigenvalue weighted by Gasteiger charge is 1.98. The summed E-state index contributed by atoms with van der Waals surface area (Å²) in [5, 5.41) is 2.94. The van der Waals surface area contributed by atoms with Crippen molar-refractivity contribution < 1.29 is 4.79 Å². The number of nitrogens with one attached hydrogen (secondary N) is 1. The van der Waals surface area contributed by atoms with Gasteiger partial charge in [-0.05, 0) is 39.0 Å². The summed E-state index contributed by atoms with van der Waals surface area (Å²) in [6, 6.07) is 10.1. The molecule has 1 aromatic rings. The largest absolute Gasteiger partial charge is 0.356 e. The van der Waals surface area contributed by atoms with E-state index in [1.54, 1.807) is 0 Å². The third kappa shape index (κ3) is 8.16. The van der Waals surface area contributed by atoms with Gasteiger partial charge in [0, 0.05) is 13.0 Å². The van der Waals surface area contributed by atoms with E-state index in [9.17, 15) is 4.79 Å². The molecule has 0 spiro atoms. The number of hydrogen-bond acceptors (Lipinski definition) is 2. The van der Waals surface area contributed by atoms with E-state index in [-0.39, 0.29) is 5.91 Å². The summed E-state index contributed by atoms with van der Waals surface area (Å²) < 4.78 is 0. The van der Waals surface area contributed by atoms with Gasteiger partial charge in [0.1, 0.15) is 0 Å². The Labute approximate surface area is 116 Å². The average Bonchev–Trinajstić information content (AvgIpc) is 2.41. The van der Waals surface area contributed by atoms with Gasteiger partial charge in [0.2, 0.25) is 5.91 Å². The minimum Gasteiger partial charge on any atom is -0.356 e. The summed E-state index contributed by atoms with van der Waals surface area (Å²) in [5.74, 6) is 0.136. The van der Waals surface area contributed by atoms with E-state index < -0.39 is 0 Å². The maximum absolute atomic E-state index is 11.5. The Morgan fingerprint density at radius 3 is 2.68 bits per heavy atom. The van der Waals surface area contributed by atoms with Gasteiger partial charge in [-0.2, -0.15) is 0 Å². The van der Waals surface area contributed by atoms with Crippen molar-refractivity contribution in [3.63, 3.8) is 0 Å². The molecule has 1 N–H and O–H groups in total. The van der Waals surface area contributed by atoms with Crippen LogP contribution in [0.4, 0.5) is 0 Å². The number of amides is 1. The molecule has 0 heterocycles. The van der Waals surface area contributed by atoms with Crippen LogP contribution < -0.4 is 5.32 Å².